The molecule has 2 nitrogen and oxygen atoms in total. The number of carbonyl (C=O) groups excluding carboxylic acids is 1. The van der Waals surface area contributed by atoms with E-state index in [1.54, 1.807) is 24.4 Å². The Hall–Kier alpha value is -1.54. The van der Waals surface area contributed by atoms with E-state index in [-0.39, 0.29) is 12.2 Å². The number of benzene rings is 1. The van der Waals surface area contributed by atoms with Gasteiger partial charge in [0.05, 0.1) is 6.42 Å². The first kappa shape index (κ1) is 11.0. The summed E-state index contributed by atoms with van der Waals surface area (Å²) in [5.41, 5.74) is 0.687. The second-order valence-corrected chi connectivity index (χ2v) is 4.37. The fraction of sp³-hybridized carbons (Fsp3) is 0.154. The van der Waals surface area contributed by atoms with E-state index < -0.39 is 5.00 Å². The molecule has 3 heteroatoms. The number of rotatable bonds is 3. The van der Waals surface area contributed by atoms with Crippen LogP contribution in [-0.4, -0.2) is 10.8 Å². The highest BCUT2D eigenvalue weighted by Crippen LogP contribution is 2.23. The number of allylic oxidation sites excluding steroid dienone is 2. The number of alkyl halides is 1. The molecule has 0 spiro atoms. The molecule has 1 aliphatic heterocycles. The zero-order valence-electron chi connectivity index (χ0n) is 8.69. The molecule has 1 aliphatic rings. The number of nitrogens with one attached hydrogen (secondary N) is 1. The van der Waals surface area contributed by atoms with E-state index in [1.807, 2.05) is 30.4 Å². The number of Topliss-reactive ketones (excluding diaryl/α,β-unsaturated/α-hetero) is 1. The van der Waals surface area contributed by atoms with Crippen LogP contribution in [0, 0.1) is 0 Å². The molecule has 0 radical (unpaired) electrons. The molecule has 1 N–H and O–H groups in total. The average Bonchev–Trinajstić information content (AvgIpc) is 2.30. The molecule has 0 bridgehead atoms. The molecule has 1 unspecified atom stereocenters. The molecule has 1 aromatic rings. The van der Waals surface area contributed by atoms with Gasteiger partial charge in [-0.1, -0.05) is 48.0 Å². The summed E-state index contributed by atoms with van der Waals surface area (Å²) in [7, 11) is 0. The van der Waals surface area contributed by atoms with Crippen LogP contribution in [0.2, 0.25) is 0 Å². The predicted octanol–water partition coefficient (Wildman–Crippen LogP) is 2.87. The minimum Gasteiger partial charge on any atom is -0.369 e. The molecule has 0 saturated carbocycles. The molecule has 0 aliphatic carbocycles. The minimum atomic E-state index is -0.790. The van der Waals surface area contributed by atoms with E-state index in [1.165, 1.54) is 0 Å². The minimum absolute atomic E-state index is 0.0306. The maximum absolute atomic E-state index is 11.9. The van der Waals surface area contributed by atoms with Crippen molar-refractivity contribution in [2.45, 2.75) is 11.4 Å². The van der Waals surface area contributed by atoms with Gasteiger partial charge in [0, 0.05) is 5.56 Å². The molecular weight excluding hydrogens is 222 g/mol. The summed E-state index contributed by atoms with van der Waals surface area (Å²) in [6.07, 6.45) is 7.44. The average molecular weight is 234 g/mol. The maximum atomic E-state index is 11.9. The van der Waals surface area contributed by atoms with Gasteiger partial charge in [0.2, 0.25) is 0 Å². The summed E-state index contributed by atoms with van der Waals surface area (Å²) < 4.78 is 0. The Kier molecular flexibility index (Phi) is 3.11. The van der Waals surface area contributed by atoms with Gasteiger partial charge in [-0.2, -0.15) is 0 Å². The van der Waals surface area contributed by atoms with Crippen LogP contribution in [0.4, 0.5) is 0 Å². The Balaban J connectivity index is 2.08. The van der Waals surface area contributed by atoms with Crippen LogP contribution in [-0.2, 0) is 0 Å². The van der Waals surface area contributed by atoms with Gasteiger partial charge in [-0.05, 0) is 18.4 Å². The molecule has 1 atom stereocenters. The zero-order chi connectivity index (χ0) is 11.4. The van der Waals surface area contributed by atoms with Crippen molar-refractivity contribution in [1.29, 1.82) is 0 Å². The number of hydrogen-bond donors (Lipinski definition) is 1. The number of ketones is 1. The van der Waals surface area contributed by atoms with Gasteiger partial charge in [-0.25, -0.2) is 0 Å². The van der Waals surface area contributed by atoms with Crippen molar-refractivity contribution in [3.8, 4) is 0 Å². The molecule has 82 valence electrons. The maximum Gasteiger partial charge on any atom is 0.166 e. The highest BCUT2D eigenvalue weighted by molar-refractivity contribution is 6.27. The lowest BCUT2D eigenvalue weighted by molar-refractivity contribution is 0.0971. The molecule has 0 fully saturated rings. The van der Waals surface area contributed by atoms with Gasteiger partial charge in [0.25, 0.3) is 0 Å². The SMILES string of the molecule is O=C(CC1(Cl)C=CC=CN1)c1ccccc1. The quantitative estimate of drug-likeness (QED) is 0.494. The molecule has 16 heavy (non-hydrogen) atoms. The highest BCUT2D eigenvalue weighted by atomic mass is 35.5. The molecule has 1 aromatic carbocycles. The highest BCUT2D eigenvalue weighted by Gasteiger charge is 2.27. The third kappa shape index (κ3) is 2.52. The van der Waals surface area contributed by atoms with Gasteiger partial charge >= 0.3 is 0 Å². The first-order chi connectivity index (χ1) is 7.70. The molecule has 1 heterocycles. The third-order valence-electron chi connectivity index (χ3n) is 2.40. The number of dihydropyridines is 1. The van der Waals surface area contributed by atoms with Crippen LogP contribution in [0.5, 0.6) is 0 Å². The fourth-order valence-electron chi connectivity index (χ4n) is 1.57. The first-order valence-electron chi connectivity index (χ1n) is 5.09. The topological polar surface area (TPSA) is 29.1 Å². The molecule has 2 rings (SSSR count). The van der Waals surface area contributed by atoms with Crippen LogP contribution in [0.1, 0.15) is 16.8 Å². The van der Waals surface area contributed by atoms with Crippen LogP contribution < -0.4 is 5.32 Å². The van der Waals surface area contributed by atoms with E-state index in [0.717, 1.165) is 0 Å². The van der Waals surface area contributed by atoms with Gasteiger partial charge in [0.15, 0.2) is 5.78 Å². The standard InChI is InChI=1S/C13H12ClNO/c14-13(8-4-5-9-15-13)10-12(16)11-6-2-1-3-7-11/h1-9,15H,10H2. The summed E-state index contributed by atoms with van der Waals surface area (Å²) in [6, 6.07) is 9.17. The van der Waals surface area contributed by atoms with Crippen molar-refractivity contribution in [3.63, 3.8) is 0 Å². The molecule has 0 amide bonds. The zero-order valence-corrected chi connectivity index (χ0v) is 9.45. The summed E-state index contributed by atoms with van der Waals surface area (Å²) >= 11 is 6.25. The Morgan fingerprint density at radius 2 is 2.00 bits per heavy atom. The van der Waals surface area contributed by atoms with E-state index >= 15 is 0 Å². The third-order valence-corrected chi connectivity index (χ3v) is 2.77. The lowest BCUT2D eigenvalue weighted by Crippen LogP contribution is -2.37. The lowest BCUT2D eigenvalue weighted by atomic mass is 10.0. The van der Waals surface area contributed by atoms with Crippen molar-refractivity contribution in [2.75, 3.05) is 0 Å². The monoisotopic (exact) mass is 233 g/mol. The van der Waals surface area contributed by atoms with Gasteiger partial charge < -0.3 is 5.32 Å². The molecule has 0 saturated heterocycles. The molecular formula is C13H12ClNO. The number of halogens is 1. The first-order valence-corrected chi connectivity index (χ1v) is 5.47. The van der Waals surface area contributed by atoms with Crippen molar-refractivity contribution in [1.82, 2.24) is 5.32 Å². The number of carbonyl (C=O) groups is 1. The summed E-state index contributed by atoms with van der Waals surface area (Å²) in [4.78, 5) is 11.1. The Morgan fingerprint density at radius 1 is 1.25 bits per heavy atom. The largest absolute Gasteiger partial charge is 0.369 e. The Labute approximate surface area is 99.6 Å². The van der Waals surface area contributed by atoms with E-state index in [9.17, 15) is 4.79 Å². The predicted molar refractivity (Wildman–Crippen MR) is 65.4 cm³/mol. The fourth-order valence-corrected chi connectivity index (χ4v) is 1.83. The van der Waals surface area contributed by atoms with Crippen LogP contribution in [0.3, 0.4) is 0 Å². The second-order valence-electron chi connectivity index (χ2n) is 3.69. The van der Waals surface area contributed by atoms with Crippen molar-refractivity contribution < 1.29 is 4.79 Å². The Bertz CT molecular complexity index is 439. The summed E-state index contributed by atoms with van der Waals surface area (Å²) in [6.45, 7) is 0. The summed E-state index contributed by atoms with van der Waals surface area (Å²) in [5.74, 6) is 0.0306. The van der Waals surface area contributed by atoms with Crippen LogP contribution in [0.25, 0.3) is 0 Å². The van der Waals surface area contributed by atoms with Crippen molar-refractivity contribution in [2.24, 2.45) is 0 Å². The van der Waals surface area contributed by atoms with E-state index in [4.69, 9.17) is 11.6 Å². The van der Waals surface area contributed by atoms with E-state index in [0.29, 0.717) is 5.56 Å². The smallest absolute Gasteiger partial charge is 0.166 e. The van der Waals surface area contributed by atoms with Gasteiger partial charge in [-0.15, -0.1) is 0 Å². The van der Waals surface area contributed by atoms with Crippen LogP contribution >= 0.6 is 11.6 Å². The molecule has 0 aromatic heterocycles. The van der Waals surface area contributed by atoms with Crippen molar-refractivity contribution >= 4 is 17.4 Å². The van der Waals surface area contributed by atoms with Gasteiger partial charge in [0.1, 0.15) is 5.00 Å². The summed E-state index contributed by atoms with van der Waals surface area (Å²) in [5, 5.41) is 2.97. The van der Waals surface area contributed by atoms with Crippen molar-refractivity contribution in [3.05, 3.63) is 60.3 Å². The van der Waals surface area contributed by atoms with Gasteiger partial charge in [-0.3, -0.25) is 4.79 Å². The number of hydrogen-bond acceptors (Lipinski definition) is 2. The normalized spacial score (nSPS) is 22.8. The lowest BCUT2D eigenvalue weighted by Gasteiger charge is -2.25. The Morgan fingerprint density at radius 3 is 2.62 bits per heavy atom. The van der Waals surface area contributed by atoms with Crippen LogP contribution in [0.15, 0.2) is 54.8 Å². The van der Waals surface area contributed by atoms with E-state index in [2.05, 4.69) is 5.32 Å². The second kappa shape index (κ2) is 4.54.